The third-order valence-corrected chi connectivity index (χ3v) is 2.14. The van der Waals surface area contributed by atoms with Crippen LogP contribution in [0.1, 0.15) is 5.56 Å². The SMILES string of the molecule is C(=C\C1COCCO1)/c1ccccc1. The minimum absolute atomic E-state index is 0.115. The van der Waals surface area contributed by atoms with E-state index in [0.717, 1.165) is 6.61 Å². The number of rotatable bonds is 2. The van der Waals surface area contributed by atoms with Crippen LogP contribution in [0.4, 0.5) is 0 Å². The number of ether oxygens (including phenoxy) is 2. The van der Waals surface area contributed by atoms with Crippen LogP contribution < -0.4 is 0 Å². The summed E-state index contributed by atoms with van der Waals surface area (Å²) in [7, 11) is 0. The fourth-order valence-corrected chi connectivity index (χ4v) is 1.40. The van der Waals surface area contributed by atoms with E-state index in [2.05, 4.69) is 24.3 Å². The van der Waals surface area contributed by atoms with E-state index in [1.54, 1.807) is 0 Å². The van der Waals surface area contributed by atoms with Gasteiger partial charge in [0.05, 0.1) is 25.9 Å². The highest BCUT2D eigenvalue weighted by Gasteiger charge is 2.09. The van der Waals surface area contributed by atoms with Crippen LogP contribution >= 0.6 is 0 Å². The van der Waals surface area contributed by atoms with Crippen LogP contribution in [0.5, 0.6) is 0 Å². The first-order valence-electron chi connectivity index (χ1n) is 4.88. The molecule has 1 heterocycles. The van der Waals surface area contributed by atoms with Crippen LogP contribution in [0.3, 0.4) is 0 Å². The van der Waals surface area contributed by atoms with Gasteiger partial charge in [0.15, 0.2) is 0 Å². The van der Waals surface area contributed by atoms with Crippen molar-refractivity contribution in [3.8, 4) is 0 Å². The van der Waals surface area contributed by atoms with Gasteiger partial charge in [0.2, 0.25) is 0 Å². The molecule has 1 atom stereocenters. The Morgan fingerprint density at radius 2 is 2.00 bits per heavy atom. The van der Waals surface area contributed by atoms with Crippen molar-refractivity contribution < 1.29 is 9.47 Å². The summed E-state index contributed by atoms with van der Waals surface area (Å²) in [5.74, 6) is 0. The molecule has 1 aliphatic heterocycles. The van der Waals surface area contributed by atoms with Gasteiger partial charge in [-0.1, -0.05) is 42.5 Å². The topological polar surface area (TPSA) is 18.5 Å². The molecule has 0 saturated carbocycles. The van der Waals surface area contributed by atoms with E-state index in [1.165, 1.54) is 5.56 Å². The summed E-state index contributed by atoms with van der Waals surface area (Å²) in [4.78, 5) is 0. The molecule has 1 aromatic carbocycles. The molecule has 1 saturated heterocycles. The first-order valence-corrected chi connectivity index (χ1v) is 4.88. The quantitative estimate of drug-likeness (QED) is 0.711. The molecule has 74 valence electrons. The van der Waals surface area contributed by atoms with Crippen LogP contribution in [0.15, 0.2) is 36.4 Å². The van der Waals surface area contributed by atoms with Gasteiger partial charge < -0.3 is 9.47 Å². The largest absolute Gasteiger partial charge is 0.376 e. The molecule has 0 amide bonds. The summed E-state index contributed by atoms with van der Waals surface area (Å²) in [5.41, 5.74) is 1.20. The molecule has 2 rings (SSSR count). The average Bonchev–Trinajstić information content (AvgIpc) is 2.29. The van der Waals surface area contributed by atoms with Gasteiger partial charge in [-0.05, 0) is 5.56 Å². The predicted molar refractivity (Wildman–Crippen MR) is 56.0 cm³/mol. The van der Waals surface area contributed by atoms with E-state index in [-0.39, 0.29) is 6.10 Å². The first-order chi connectivity index (χ1) is 6.95. The van der Waals surface area contributed by atoms with Gasteiger partial charge >= 0.3 is 0 Å². The molecule has 1 fully saturated rings. The van der Waals surface area contributed by atoms with Crippen molar-refractivity contribution >= 4 is 6.08 Å². The van der Waals surface area contributed by atoms with E-state index in [0.29, 0.717) is 13.2 Å². The molecular formula is C12H14O2. The summed E-state index contributed by atoms with van der Waals surface area (Å²) in [5, 5.41) is 0. The second kappa shape index (κ2) is 4.94. The Morgan fingerprint density at radius 1 is 1.14 bits per heavy atom. The maximum absolute atomic E-state index is 5.49. The molecule has 0 bridgehead atoms. The molecule has 0 spiro atoms. The summed E-state index contributed by atoms with van der Waals surface area (Å²) < 4.78 is 10.8. The van der Waals surface area contributed by atoms with E-state index >= 15 is 0 Å². The summed E-state index contributed by atoms with van der Waals surface area (Å²) in [6.07, 6.45) is 4.23. The van der Waals surface area contributed by atoms with Gasteiger partial charge in [0.1, 0.15) is 0 Å². The Balaban J connectivity index is 1.93. The van der Waals surface area contributed by atoms with E-state index in [1.807, 2.05) is 18.2 Å². The van der Waals surface area contributed by atoms with Crippen LogP contribution in [-0.4, -0.2) is 25.9 Å². The maximum atomic E-state index is 5.49. The molecule has 2 heteroatoms. The maximum Gasteiger partial charge on any atom is 0.0993 e. The standard InChI is InChI=1S/C12H14O2/c1-2-4-11(5-3-1)6-7-12-10-13-8-9-14-12/h1-7,12H,8-10H2/b7-6+. The molecule has 0 aliphatic carbocycles. The van der Waals surface area contributed by atoms with E-state index in [9.17, 15) is 0 Å². The molecule has 1 aromatic rings. The Hall–Kier alpha value is -1.12. The van der Waals surface area contributed by atoms with Gasteiger partial charge in [-0.3, -0.25) is 0 Å². The Kier molecular flexibility index (Phi) is 3.33. The van der Waals surface area contributed by atoms with Crippen molar-refractivity contribution in [1.82, 2.24) is 0 Å². The van der Waals surface area contributed by atoms with Crippen molar-refractivity contribution in [3.05, 3.63) is 42.0 Å². The van der Waals surface area contributed by atoms with Crippen molar-refractivity contribution in [2.75, 3.05) is 19.8 Å². The van der Waals surface area contributed by atoms with Crippen molar-refractivity contribution in [2.24, 2.45) is 0 Å². The van der Waals surface area contributed by atoms with Crippen molar-refractivity contribution in [2.45, 2.75) is 6.10 Å². The second-order valence-electron chi connectivity index (χ2n) is 3.25. The summed E-state index contributed by atoms with van der Waals surface area (Å²) in [6.45, 7) is 2.09. The normalized spacial score (nSPS) is 22.7. The van der Waals surface area contributed by atoms with E-state index in [4.69, 9.17) is 9.47 Å². The van der Waals surface area contributed by atoms with Crippen molar-refractivity contribution in [3.63, 3.8) is 0 Å². The number of benzene rings is 1. The van der Waals surface area contributed by atoms with Gasteiger partial charge in [0.25, 0.3) is 0 Å². The zero-order valence-corrected chi connectivity index (χ0v) is 8.06. The average molecular weight is 190 g/mol. The Bertz CT molecular complexity index is 286. The van der Waals surface area contributed by atoms with Crippen LogP contribution in [0.25, 0.3) is 6.08 Å². The third-order valence-electron chi connectivity index (χ3n) is 2.14. The lowest BCUT2D eigenvalue weighted by Gasteiger charge is -2.19. The lowest BCUT2D eigenvalue weighted by Crippen LogP contribution is -2.26. The zero-order chi connectivity index (χ0) is 9.64. The van der Waals surface area contributed by atoms with Gasteiger partial charge in [0, 0.05) is 0 Å². The highest BCUT2D eigenvalue weighted by atomic mass is 16.6. The first kappa shape index (κ1) is 9.44. The third kappa shape index (κ3) is 2.69. The van der Waals surface area contributed by atoms with Crippen LogP contribution in [0, 0.1) is 0 Å². The molecular weight excluding hydrogens is 176 g/mol. The molecule has 1 unspecified atom stereocenters. The fraction of sp³-hybridized carbons (Fsp3) is 0.333. The Morgan fingerprint density at radius 3 is 2.71 bits per heavy atom. The molecule has 2 nitrogen and oxygen atoms in total. The summed E-state index contributed by atoms with van der Waals surface area (Å²) in [6, 6.07) is 10.2. The molecule has 14 heavy (non-hydrogen) atoms. The highest BCUT2D eigenvalue weighted by molar-refractivity contribution is 5.49. The van der Waals surface area contributed by atoms with Crippen molar-refractivity contribution in [1.29, 1.82) is 0 Å². The number of hydrogen-bond acceptors (Lipinski definition) is 2. The van der Waals surface area contributed by atoms with E-state index < -0.39 is 0 Å². The highest BCUT2D eigenvalue weighted by Crippen LogP contribution is 2.06. The van der Waals surface area contributed by atoms with Crippen LogP contribution in [-0.2, 0) is 9.47 Å². The number of hydrogen-bond donors (Lipinski definition) is 0. The van der Waals surface area contributed by atoms with Crippen LogP contribution in [0.2, 0.25) is 0 Å². The lowest BCUT2D eigenvalue weighted by molar-refractivity contribution is -0.0672. The minimum atomic E-state index is 0.115. The molecule has 0 aromatic heterocycles. The molecule has 0 radical (unpaired) electrons. The molecule has 1 aliphatic rings. The minimum Gasteiger partial charge on any atom is -0.376 e. The predicted octanol–water partition coefficient (Wildman–Crippen LogP) is 2.12. The smallest absolute Gasteiger partial charge is 0.0993 e. The Labute approximate surface area is 84.2 Å². The monoisotopic (exact) mass is 190 g/mol. The zero-order valence-electron chi connectivity index (χ0n) is 8.06. The summed E-state index contributed by atoms with van der Waals surface area (Å²) >= 11 is 0. The second-order valence-corrected chi connectivity index (χ2v) is 3.25. The lowest BCUT2D eigenvalue weighted by atomic mass is 10.2. The fourth-order valence-electron chi connectivity index (χ4n) is 1.40. The van der Waals surface area contributed by atoms with Gasteiger partial charge in [-0.15, -0.1) is 0 Å². The van der Waals surface area contributed by atoms with Gasteiger partial charge in [-0.25, -0.2) is 0 Å². The molecule has 0 N–H and O–H groups in total. The van der Waals surface area contributed by atoms with Gasteiger partial charge in [-0.2, -0.15) is 0 Å².